The number of anilines is 1. The van der Waals surface area contributed by atoms with Gasteiger partial charge in [0.25, 0.3) is 5.91 Å². The molecule has 9 nitrogen and oxygen atoms in total. The molecule has 0 bridgehead atoms. The second-order valence-corrected chi connectivity index (χ2v) is 13.1. The Labute approximate surface area is 269 Å². The molecule has 242 valence electrons. The van der Waals surface area contributed by atoms with Crippen LogP contribution in [-0.4, -0.2) is 48.8 Å². The fourth-order valence-electron chi connectivity index (χ4n) is 5.58. The first kappa shape index (κ1) is 31.9. The number of sulfonamides is 1. The van der Waals surface area contributed by atoms with Gasteiger partial charge in [0.1, 0.15) is 23.0 Å². The summed E-state index contributed by atoms with van der Waals surface area (Å²) in [4.78, 5) is 21.5. The minimum Gasteiger partial charge on any atom is -0.455 e. The molecule has 0 aliphatic rings. The minimum atomic E-state index is -3.77. The quantitative estimate of drug-likeness (QED) is 0.110. The van der Waals surface area contributed by atoms with Gasteiger partial charge in [-0.15, -0.1) is 0 Å². The molecule has 0 fully saturated rings. The first-order valence-corrected chi connectivity index (χ1v) is 16.8. The Hall–Kier alpha value is -5.07. The molecular formula is C35H32F2N4O5S. The van der Waals surface area contributed by atoms with Crippen LogP contribution in [0.1, 0.15) is 35.7 Å². The number of unbranched alkanes of at least 4 members (excludes halogenated alkanes) is 1. The van der Waals surface area contributed by atoms with Crippen molar-refractivity contribution in [2.75, 3.05) is 24.1 Å². The Kier molecular flexibility index (Phi) is 8.80. The molecule has 0 unspecified atom stereocenters. The number of fused-ring (bicyclic) bond motifs is 2. The van der Waals surface area contributed by atoms with Crippen molar-refractivity contribution in [3.63, 3.8) is 0 Å². The third-order valence-electron chi connectivity index (χ3n) is 8.01. The number of hydrogen-bond acceptors (Lipinski definition) is 6. The molecule has 4 N–H and O–H groups in total. The van der Waals surface area contributed by atoms with E-state index in [0.29, 0.717) is 63.8 Å². The summed E-state index contributed by atoms with van der Waals surface area (Å²) in [6.07, 6.45) is 1.85. The average Bonchev–Trinajstić information content (AvgIpc) is 3.67. The summed E-state index contributed by atoms with van der Waals surface area (Å²) in [6, 6.07) is 18.7. The summed E-state index contributed by atoms with van der Waals surface area (Å²) < 4.78 is 62.9. The maximum atomic E-state index is 14.7. The van der Waals surface area contributed by atoms with E-state index in [2.05, 4.69) is 15.0 Å². The number of hydrogen-bond donors (Lipinski definition) is 4. The Morgan fingerprint density at radius 1 is 1.00 bits per heavy atom. The summed E-state index contributed by atoms with van der Waals surface area (Å²) in [5, 5.41) is 12.8. The zero-order chi connectivity index (χ0) is 33.3. The first-order valence-electron chi connectivity index (χ1n) is 15.1. The zero-order valence-corrected chi connectivity index (χ0v) is 26.5. The van der Waals surface area contributed by atoms with E-state index in [1.54, 1.807) is 30.3 Å². The van der Waals surface area contributed by atoms with E-state index < -0.39 is 21.7 Å². The van der Waals surface area contributed by atoms with Crippen molar-refractivity contribution in [2.24, 2.45) is 0 Å². The Morgan fingerprint density at radius 3 is 2.49 bits per heavy atom. The summed E-state index contributed by atoms with van der Waals surface area (Å²) in [5.41, 5.74) is 4.34. The fraction of sp³-hybridized carbons (Fsp3) is 0.200. The highest BCUT2D eigenvalue weighted by Crippen LogP contribution is 2.41. The lowest BCUT2D eigenvalue weighted by Gasteiger charge is -2.15. The van der Waals surface area contributed by atoms with Crippen LogP contribution in [0.4, 0.5) is 14.5 Å². The van der Waals surface area contributed by atoms with E-state index in [1.807, 2.05) is 6.07 Å². The predicted octanol–water partition coefficient (Wildman–Crippen LogP) is 7.02. The van der Waals surface area contributed by atoms with Crippen molar-refractivity contribution < 1.29 is 31.5 Å². The molecule has 47 heavy (non-hydrogen) atoms. The van der Waals surface area contributed by atoms with E-state index >= 15 is 0 Å². The lowest BCUT2D eigenvalue weighted by Crippen LogP contribution is -2.18. The Morgan fingerprint density at radius 2 is 1.79 bits per heavy atom. The number of carbonyl (C=O) groups excluding carboxylic acids is 1. The van der Waals surface area contributed by atoms with Gasteiger partial charge in [-0.3, -0.25) is 9.52 Å². The monoisotopic (exact) mass is 658 g/mol. The fourth-order valence-corrected chi connectivity index (χ4v) is 6.23. The van der Waals surface area contributed by atoms with Crippen molar-refractivity contribution in [3.8, 4) is 34.0 Å². The summed E-state index contributed by atoms with van der Waals surface area (Å²) in [7, 11) is -2.29. The molecule has 0 radical (unpaired) electrons. The van der Waals surface area contributed by atoms with Gasteiger partial charge < -0.3 is 19.8 Å². The van der Waals surface area contributed by atoms with Gasteiger partial charge in [-0.2, -0.15) is 0 Å². The number of aromatic nitrogens is 2. The van der Waals surface area contributed by atoms with E-state index in [4.69, 9.17) is 9.40 Å². The number of benzene rings is 3. The molecule has 0 spiro atoms. The van der Waals surface area contributed by atoms with Crippen molar-refractivity contribution >= 4 is 43.5 Å². The van der Waals surface area contributed by atoms with E-state index in [-0.39, 0.29) is 40.8 Å². The largest absolute Gasteiger partial charge is 0.455 e. The van der Waals surface area contributed by atoms with Gasteiger partial charge in [0.05, 0.1) is 34.1 Å². The molecular weight excluding hydrogens is 626 g/mol. The van der Waals surface area contributed by atoms with Crippen LogP contribution < -0.4 is 10.0 Å². The molecule has 0 saturated carbocycles. The van der Waals surface area contributed by atoms with Crippen molar-refractivity contribution in [2.45, 2.75) is 26.2 Å². The highest BCUT2D eigenvalue weighted by Gasteiger charge is 2.25. The molecule has 0 saturated heterocycles. The van der Waals surface area contributed by atoms with Gasteiger partial charge in [0.15, 0.2) is 0 Å². The number of aliphatic hydroxyl groups excluding tert-OH is 1. The number of rotatable bonds is 11. The number of aryl methyl sites for hydroxylation is 1. The third kappa shape index (κ3) is 6.34. The molecule has 0 aliphatic heterocycles. The van der Waals surface area contributed by atoms with Crippen LogP contribution in [0.25, 0.3) is 55.8 Å². The molecule has 6 aromatic rings. The van der Waals surface area contributed by atoms with Gasteiger partial charge in [0.2, 0.25) is 10.0 Å². The molecule has 6 rings (SSSR count). The number of amides is 1. The number of aromatic amines is 1. The number of nitrogens with zero attached hydrogens (tertiary/aromatic N) is 1. The topological polar surface area (TPSA) is 137 Å². The van der Waals surface area contributed by atoms with Crippen molar-refractivity contribution in [3.05, 3.63) is 95.6 Å². The number of carbonyl (C=O) groups is 1. The molecule has 3 aromatic heterocycles. The normalized spacial score (nSPS) is 11.8. The van der Waals surface area contributed by atoms with Crippen molar-refractivity contribution in [1.29, 1.82) is 0 Å². The molecule has 12 heteroatoms. The summed E-state index contributed by atoms with van der Waals surface area (Å²) >= 11 is 0. The van der Waals surface area contributed by atoms with Crippen LogP contribution >= 0.6 is 0 Å². The minimum absolute atomic E-state index is 0.0394. The summed E-state index contributed by atoms with van der Waals surface area (Å²) in [6.45, 7) is 1.55. The number of halogens is 2. The molecule has 0 aliphatic carbocycles. The van der Waals surface area contributed by atoms with E-state index in [1.165, 1.54) is 50.4 Å². The Bertz CT molecular complexity index is 2230. The number of aliphatic hydroxyl groups is 1. The number of H-pyrrole nitrogens is 1. The highest BCUT2D eigenvalue weighted by atomic mass is 32.2. The van der Waals surface area contributed by atoms with Crippen molar-refractivity contribution in [1.82, 2.24) is 15.3 Å². The molecule has 3 aromatic carbocycles. The SMILES string of the molecule is CCS(=O)(=O)Nc1cc2oc(-c3ccc(F)cc3)c(C(=O)NC)c2cc1-c1ccc(CCCCO)c(-c2cc3c(F)cccc3[nH]2)n1. The maximum absolute atomic E-state index is 14.7. The van der Waals surface area contributed by atoms with Gasteiger partial charge in [-0.05, 0) is 86.3 Å². The second kappa shape index (κ2) is 13.0. The number of pyridine rings is 1. The number of nitrogens with one attached hydrogen (secondary N) is 3. The van der Waals surface area contributed by atoms with Crippen LogP contribution in [0.15, 0.2) is 77.2 Å². The van der Waals surface area contributed by atoms with Gasteiger partial charge >= 0.3 is 0 Å². The van der Waals surface area contributed by atoms with Crippen LogP contribution in [0.3, 0.4) is 0 Å². The second-order valence-electron chi connectivity index (χ2n) is 11.1. The van der Waals surface area contributed by atoms with Crippen LogP contribution in [0.2, 0.25) is 0 Å². The van der Waals surface area contributed by atoms with Crippen LogP contribution in [-0.2, 0) is 16.4 Å². The van der Waals surface area contributed by atoms with Gasteiger partial charge in [-0.25, -0.2) is 22.2 Å². The molecule has 1 amide bonds. The van der Waals surface area contributed by atoms with Gasteiger partial charge in [-0.1, -0.05) is 12.1 Å². The third-order valence-corrected chi connectivity index (χ3v) is 9.30. The highest BCUT2D eigenvalue weighted by molar-refractivity contribution is 7.92. The van der Waals surface area contributed by atoms with Crippen LogP contribution in [0, 0.1) is 11.6 Å². The predicted molar refractivity (Wildman–Crippen MR) is 179 cm³/mol. The van der Waals surface area contributed by atoms with Crippen LogP contribution in [0.5, 0.6) is 0 Å². The van der Waals surface area contributed by atoms with Gasteiger partial charge in [0, 0.05) is 47.1 Å². The lowest BCUT2D eigenvalue weighted by atomic mass is 9.99. The smallest absolute Gasteiger partial charge is 0.255 e. The number of furan rings is 1. The van der Waals surface area contributed by atoms with E-state index in [0.717, 1.165) is 5.56 Å². The molecule has 3 heterocycles. The maximum Gasteiger partial charge on any atom is 0.255 e. The standard InChI is InChI=1S/C35H32F2N4O5S/c1-3-47(44,45)41-29-19-31-25(32(35(43)38-2)34(46-31)21-10-13-22(36)14-11-21)17-24(29)28-15-12-20(7-4-5-16-42)33(40-28)30-18-23-26(37)8-6-9-27(23)39-30/h6,8-15,17-19,39,41-42H,3-5,7,16H2,1-2H3,(H,38,43). The Balaban J connectivity index is 1.60. The lowest BCUT2D eigenvalue weighted by molar-refractivity contribution is 0.0964. The first-order chi connectivity index (χ1) is 22.6. The zero-order valence-electron chi connectivity index (χ0n) is 25.7. The summed E-state index contributed by atoms with van der Waals surface area (Å²) in [5.74, 6) is -1.30. The average molecular weight is 659 g/mol. The molecule has 0 atom stereocenters. The van der Waals surface area contributed by atoms with E-state index in [9.17, 15) is 27.1 Å².